The second-order valence-electron chi connectivity index (χ2n) is 8.50. The largest absolute Gasteiger partial charge is 0.495 e. The van der Waals surface area contributed by atoms with Gasteiger partial charge in [0, 0.05) is 42.5 Å². The van der Waals surface area contributed by atoms with Crippen LogP contribution in [0.25, 0.3) is 0 Å². The van der Waals surface area contributed by atoms with E-state index in [1.807, 2.05) is 29.2 Å². The summed E-state index contributed by atoms with van der Waals surface area (Å²) in [5.41, 5.74) is 3.16. The standard InChI is InChI=1S/C26H28ClN3O4S/c1-18-17-25(19(2)16-22(18)27)35(32,33)28-21-10-8-20(9-11-21)26(31)30-14-12-29(13-15-30)23-6-4-5-7-24(23)34-3/h4-11,16-17,28H,12-15H2,1-3H3. The fraction of sp³-hybridized carbons (Fsp3) is 0.269. The van der Waals surface area contributed by atoms with Gasteiger partial charge in [-0.05, 0) is 73.5 Å². The minimum Gasteiger partial charge on any atom is -0.495 e. The van der Waals surface area contributed by atoms with Crippen molar-refractivity contribution >= 4 is 38.9 Å². The average Bonchev–Trinajstić information content (AvgIpc) is 2.86. The lowest BCUT2D eigenvalue weighted by Gasteiger charge is -2.36. The molecule has 0 saturated carbocycles. The Hall–Kier alpha value is -3.23. The van der Waals surface area contributed by atoms with Crippen LogP contribution in [-0.4, -0.2) is 52.5 Å². The van der Waals surface area contributed by atoms with E-state index in [0.29, 0.717) is 53.6 Å². The minimum atomic E-state index is -3.79. The molecule has 7 nitrogen and oxygen atoms in total. The molecule has 1 N–H and O–H groups in total. The van der Waals surface area contributed by atoms with Gasteiger partial charge in [-0.1, -0.05) is 23.7 Å². The maximum Gasteiger partial charge on any atom is 0.262 e. The quantitative estimate of drug-likeness (QED) is 0.515. The summed E-state index contributed by atoms with van der Waals surface area (Å²) < 4.78 is 33.9. The van der Waals surface area contributed by atoms with Gasteiger partial charge in [0.15, 0.2) is 0 Å². The first-order valence-electron chi connectivity index (χ1n) is 11.3. The van der Waals surface area contributed by atoms with Gasteiger partial charge in [-0.15, -0.1) is 0 Å². The third-order valence-corrected chi connectivity index (χ3v) is 8.05. The third-order valence-electron chi connectivity index (χ3n) is 6.12. The van der Waals surface area contributed by atoms with Crippen LogP contribution in [0.1, 0.15) is 21.5 Å². The molecule has 184 valence electrons. The Balaban J connectivity index is 1.41. The molecule has 0 aliphatic carbocycles. The van der Waals surface area contributed by atoms with Gasteiger partial charge in [0.25, 0.3) is 15.9 Å². The zero-order valence-electron chi connectivity index (χ0n) is 19.9. The second kappa shape index (κ2) is 10.2. The Labute approximate surface area is 211 Å². The number of hydrogen-bond acceptors (Lipinski definition) is 5. The lowest BCUT2D eigenvalue weighted by Crippen LogP contribution is -2.48. The van der Waals surface area contributed by atoms with Crippen LogP contribution in [0.4, 0.5) is 11.4 Å². The molecule has 1 amide bonds. The molecule has 1 heterocycles. The van der Waals surface area contributed by atoms with Crippen LogP contribution in [0.3, 0.4) is 0 Å². The number of benzene rings is 3. The molecular weight excluding hydrogens is 486 g/mol. The molecular formula is C26H28ClN3O4S. The van der Waals surface area contributed by atoms with Crippen LogP contribution in [0.15, 0.2) is 65.6 Å². The normalized spacial score (nSPS) is 14.1. The smallest absolute Gasteiger partial charge is 0.262 e. The first kappa shape index (κ1) is 24.9. The maximum absolute atomic E-state index is 13.0. The summed E-state index contributed by atoms with van der Waals surface area (Å²) in [7, 11) is -2.14. The molecule has 1 aliphatic heterocycles. The molecule has 1 aliphatic rings. The van der Waals surface area contributed by atoms with Gasteiger partial charge in [-0.3, -0.25) is 9.52 Å². The number of amides is 1. The van der Waals surface area contributed by atoms with E-state index in [1.165, 1.54) is 0 Å². The van der Waals surface area contributed by atoms with E-state index >= 15 is 0 Å². The molecule has 9 heteroatoms. The number of nitrogens with one attached hydrogen (secondary N) is 1. The van der Waals surface area contributed by atoms with Gasteiger partial charge in [0.2, 0.25) is 0 Å². The number of halogens is 1. The summed E-state index contributed by atoms with van der Waals surface area (Å²) in [6.45, 7) is 6.03. The van der Waals surface area contributed by atoms with Crippen molar-refractivity contribution in [1.82, 2.24) is 4.90 Å². The molecule has 35 heavy (non-hydrogen) atoms. The summed E-state index contributed by atoms with van der Waals surface area (Å²) in [5, 5.41) is 0.521. The molecule has 0 bridgehead atoms. The van der Waals surface area contributed by atoms with Crippen molar-refractivity contribution in [2.75, 3.05) is 42.9 Å². The van der Waals surface area contributed by atoms with E-state index in [0.717, 1.165) is 11.4 Å². The lowest BCUT2D eigenvalue weighted by atomic mass is 10.1. The molecule has 0 radical (unpaired) electrons. The van der Waals surface area contributed by atoms with E-state index < -0.39 is 10.0 Å². The van der Waals surface area contributed by atoms with Crippen molar-refractivity contribution < 1.29 is 17.9 Å². The number of hydrogen-bond donors (Lipinski definition) is 1. The fourth-order valence-electron chi connectivity index (χ4n) is 4.16. The molecule has 0 atom stereocenters. The van der Waals surface area contributed by atoms with E-state index in [1.54, 1.807) is 57.4 Å². The zero-order valence-corrected chi connectivity index (χ0v) is 21.5. The molecule has 0 aromatic heterocycles. The highest BCUT2D eigenvalue weighted by Gasteiger charge is 2.24. The number of piperazine rings is 1. The van der Waals surface area contributed by atoms with Crippen LogP contribution >= 0.6 is 11.6 Å². The summed E-state index contributed by atoms with van der Waals surface area (Å²) in [6, 6.07) is 17.6. The number of para-hydroxylation sites is 2. The summed E-state index contributed by atoms with van der Waals surface area (Å²) in [6.07, 6.45) is 0. The first-order valence-corrected chi connectivity index (χ1v) is 13.1. The average molecular weight is 514 g/mol. The molecule has 3 aromatic carbocycles. The van der Waals surface area contributed by atoms with E-state index in [2.05, 4.69) is 9.62 Å². The van der Waals surface area contributed by atoms with Gasteiger partial charge in [0.1, 0.15) is 5.75 Å². The predicted octanol–water partition coefficient (Wildman–Crippen LogP) is 4.73. The SMILES string of the molecule is COc1ccccc1N1CCN(C(=O)c2ccc(NS(=O)(=O)c3cc(C)c(Cl)cc3C)cc2)CC1. The van der Waals surface area contributed by atoms with Crippen LogP contribution in [0, 0.1) is 13.8 Å². The Morgan fingerprint density at radius 2 is 1.60 bits per heavy atom. The topological polar surface area (TPSA) is 79.0 Å². The van der Waals surface area contributed by atoms with E-state index in [9.17, 15) is 13.2 Å². The molecule has 3 aromatic rings. The van der Waals surface area contributed by atoms with Gasteiger partial charge >= 0.3 is 0 Å². The maximum atomic E-state index is 13.0. The number of carbonyl (C=O) groups excluding carboxylic acids is 1. The minimum absolute atomic E-state index is 0.0803. The first-order chi connectivity index (χ1) is 16.7. The summed E-state index contributed by atoms with van der Waals surface area (Å²) >= 11 is 6.10. The van der Waals surface area contributed by atoms with Crippen molar-refractivity contribution in [3.63, 3.8) is 0 Å². The lowest BCUT2D eigenvalue weighted by molar-refractivity contribution is 0.0746. The number of aryl methyl sites for hydroxylation is 2. The highest BCUT2D eigenvalue weighted by atomic mass is 35.5. The van der Waals surface area contributed by atoms with Gasteiger partial charge in [-0.2, -0.15) is 0 Å². The number of sulfonamides is 1. The van der Waals surface area contributed by atoms with Crippen molar-refractivity contribution in [2.45, 2.75) is 18.7 Å². The number of methoxy groups -OCH3 is 1. The number of anilines is 2. The fourth-order valence-corrected chi connectivity index (χ4v) is 5.75. The predicted molar refractivity (Wildman–Crippen MR) is 139 cm³/mol. The monoisotopic (exact) mass is 513 g/mol. The van der Waals surface area contributed by atoms with Crippen molar-refractivity contribution in [1.29, 1.82) is 0 Å². The molecule has 4 rings (SSSR count). The number of ether oxygens (including phenoxy) is 1. The van der Waals surface area contributed by atoms with Crippen molar-refractivity contribution in [3.05, 3.63) is 82.4 Å². The second-order valence-corrected chi connectivity index (χ2v) is 10.6. The van der Waals surface area contributed by atoms with Gasteiger partial charge in [0.05, 0.1) is 17.7 Å². The number of rotatable bonds is 6. The highest BCUT2D eigenvalue weighted by molar-refractivity contribution is 7.92. The van der Waals surface area contributed by atoms with Gasteiger partial charge in [-0.25, -0.2) is 8.42 Å². The van der Waals surface area contributed by atoms with E-state index in [4.69, 9.17) is 16.3 Å². The highest BCUT2D eigenvalue weighted by Crippen LogP contribution is 2.29. The Morgan fingerprint density at radius 3 is 2.26 bits per heavy atom. The van der Waals surface area contributed by atoms with Crippen LogP contribution in [-0.2, 0) is 10.0 Å². The summed E-state index contributed by atoms with van der Waals surface area (Å²) in [4.78, 5) is 17.2. The van der Waals surface area contributed by atoms with Crippen molar-refractivity contribution in [3.8, 4) is 5.75 Å². The Morgan fingerprint density at radius 1 is 0.943 bits per heavy atom. The van der Waals surface area contributed by atoms with Crippen LogP contribution in [0.2, 0.25) is 5.02 Å². The molecule has 1 saturated heterocycles. The molecule has 0 unspecified atom stereocenters. The number of nitrogens with zero attached hydrogens (tertiary/aromatic N) is 2. The van der Waals surface area contributed by atoms with Crippen LogP contribution < -0.4 is 14.4 Å². The Bertz CT molecular complexity index is 1340. The Kier molecular flexibility index (Phi) is 7.23. The summed E-state index contributed by atoms with van der Waals surface area (Å²) in [5.74, 6) is 0.734. The zero-order chi connectivity index (χ0) is 25.2. The van der Waals surface area contributed by atoms with Crippen molar-refractivity contribution in [2.24, 2.45) is 0 Å². The molecule has 1 fully saturated rings. The molecule has 0 spiro atoms. The van der Waals surface area contributed by atoms with Gasteiger partial charge < -0.3 is 14.5 Å². The van der Waals surface area contributed by atoms with Crippen LogP contribution in [0.5, 0.6) is 5.75 Å². The third kappa shape index (κ3) is 5.39. The van der Waals surface area contributed by atoms with E-state index in [-0.39, 0.29) is 10.8 Å². The number of carbonyl (C=O) groups is 1.